The molecule has 1 amide bonds. The van der Waals surface area contributed by atoms with Crippen LogP contribution in [0, 0.1) is 0 Å². The Balaban J connectivity index is 1.83. The van der Waals surface area contributed by atoms with Crippen molar-refractivity contribution in [3.8, 4) is 17.2 Å². The summed E-state index contributed by atoms with van der Waals surface area (Å²) in [6.07, 6.45) is 0. The number of amides is 1. The van der Waals surface area contributed by atoms with Gasteiger partial charge in [-0.2, -0.15) is 5.21 Å². The Kier molecular flexibility index (Phi) is 5.44. The van der Waals surface area contributed by atoms with Crippen LogP contribution in [-0.2, 0) is 0 Å². The molecule has 2 heterocycles. The minimum Gasteiger partial charge on any atom is -0.497 e. The molecule has 4 aromatic rings. The van der Waals surface area contributed by atoms with E-state index in [1.807, 2.05) is 30.3 Å². The number of aromatic nitrogens is 5. The summed E-state index contributed by atoms with van der Waals surface area (Å²) in [6.45, 7) is 0. The molecule has 0 saturated heterocycles. The molecule has 0 fully saturated rings. The standard InChI is InChI=1S/C19H18N6O4S/c1-27-10-5-4-6-11(7-10)30-17-12-8-14(28-2)15(29-3)9-13(12)20-16(17)18(26)21-19-22-24-25-23-19/h4-9,20H,1-3H3,(H2,21,22,23,24,25,26). The smallest absolute Gasteiger partial charge is 0.275 e. The van der Waals surface area contributed by atoms with Crippen LogP contribution < -0.4 is 19.5 Å². The van der Waals surface area contributed by atoms with E-state index in [2.05, 4.69) is 30.9 Å². The van der Waals surface area contributed by atoms with E-state index in [4.69, 9.17) is 14.2 Å². The van der Waals surface area contributed by atoms with Crippen LogP contribution in [0.3, 0.4) is 0 Å². The Morgan fingerprint density at radius 2 is 1.87 bits per heavy atom. The van der Waals surface area contributed by atoms with E-state index in [9.17, 15) is 4.79 Å². The minimum atomic E-state index is -0.407. The molecular weight excluding hydrogens is 408 g/mol. The van der Waals surface area contributed by atoms with Crippen molar-refractivity contribution in [1.29, 1.82) is 0 Å². The zero-order valence-corrected chi connectivity index (χ0v) is 17.2. The van der Waals surface area contributed by atoms with Crippen molar-refractivity contribution in [3.05, 3.63) is 42.1 Å². The van der Waals surface area contributed by atoms with Crippen LogP contribution in [0.5, 0.6) is 17.2 Å². The van der Waals surface area contributed by atoms with Gasteiger partial charge in [-0.15, -0.1) is 5.10 Å². The van der Waals surface area contributed by atoms with Crippen LogP contribution in [0.1, 0.15) is 10.5 Å². The number of ether oxygens (including phenoxy) is 3. The Morgan fingerprint density at radius 3 is 2.57 bits per heavy atom. The molecule has 11 heteroatoms. The monoisotopic (exact) mass is 426 g/mol. The molecule has 10 nitrogen and oxygen atoms in total. The number of fused-ring (bicyclic) bond motifs is 1. The van der Waals surface area contributed by atoms with E-state index < -0.39 is 5.91 Å². The third-order valence-electron chi connectivity index (χ3n) is 4.31. The second-order valence-corrected chi connectivity index (χ2v) is 7.14. The average Bonchev–Trinajstić information content (AvgIpc) is 3.40. The quantitative estimate of drug-likeness (QED) is 0.411. The van der Waals surface area contributed by atoms with E-state index in [-0.39, 0.29) is 5.95 Å². The van der Waals surface area contributed by atoms with E-state index in [1.54, 1.807) is 27.4 Å². The lowest BCUT2D eigenvalue weighted by molar-refractivity contribution is 0.101. The average molecular weight is 426 g/mol. The molecule has 3 N–H and O–H groups in total. The second-order valence-electron chi connectivity index (χ2n) is 6.05. The summed E-state index contributed by atoms with van der Waals surface area (Å²) in [5, 5.41) is 16.7. The highest BCUT2D eigenvalue weighted by molar-refractivity contribution is 7.99. The van der Waals surface area contributed by atoms with E-state index in [0.29, 0.717) is 22.1 Å². The highest BCUT2D eigenvalue weighted by Gasteiger charge is 2.22. The van der Waals surface area contributed by atoms with Crippen molar-refractivity contribution in [2.75, 3.05) is 26.6 Å². The van der Waals surface area contributed by atoms with Gasteiger partial charge < -0.3 is 19.2 Å². The topological polar surface area (TPSA) is 127 Å². The first-order valence-corrected chi connectivity index (χ1v) is 9.59. The Morgan fingerprint density at radius 1 is 1.07 bits per heavy atom. The number of H-pyrrole nitrogens is 2. The van der Waals surface area contributed by atoms with Gasteiger partial charge in [-0.25, -0.2) is 0 Å². The van der Waals surface area contributed by atoms with Crippen LogP contribution in [-0.4, -0.2) is 52.8 Å². The first kappa shape index (κ1) is 19.6. The molecule has 0 bridgehead atoms. The summed E-state index contributed by atoms with van der Waals surface area (Å²) in [7, 11) is 4.73. The summed E-state index contributed by atoms with van der Waals surface area (Å²) >= 11 is 1.42. The predicted octanol–water partition coefficient (Wildman–Crippen LogP) is 3.11. The fourth-order valence-corrected chi connectivity index (χ4v) is 4.01. The van der Waals surface area contributed by atoms with E-state index in [0.717, 1.165) is 21.5 Å². The number of methoxy groups -OCH3 is 3. The van der Waals surface area contributed by atoms with Crippen molar-refractivity contribution in [2.45, 2.75) is 9.79 Å². The molecule has 154 valence electrons. The maximum Gasteiger partial charge on any atom is 0.275 e. The van der Waals surface area contributed by atoms with Crippen molar-refractivity contribution >= 4 is 34.5 Å². The van der Waals surface area contributed by atoms with Gasteiger partial charge in [0.05, 0.1) is 31.7 Å². The summed E-state index contributed by atoms with van der Waals surface area (Å²) in [6, 6.07) is 11.2. The second kappa shape index (κ2) is 8.33. The van der Waals surface area contributed by atoms with Crippen LogP contribution in [0.15, 0.2) is 46.2 Å². The van der Waals surface area contributed by atoms with Crippen molar-refractivity contribution in [2.24, 2.45) is 0 Å². The SMILES string of the molecule is COc1cccc(Sc2c(C(=O)Nc3nn[nH]n3)[nH]c3cc(OC)c(OC)cc23)c1. The molecule has 2 aromatic heterocycles. The van der Waals surface area contributed by atoms with Gasteiger partial charge in [0.15, 0.2) is 11.5 Å². The number of hydrogen-bond donors (Lipinski definition) is 3. The van der Waals surface area contributed by atoms with Crippen molar-refractivity contribution in [1.82, 2.24) is 25.6 Å². The molecular formula is C19H18N6O4S. The molecule has 0 aliphatic heterocycles. The zero-order chi connectivity index (χ0) is 21.1. The van der Waals surface area contributed by atoms with E-state index >= 15 is 0 Å². The molecule has 4 rings (SSSR count). The summed E-state index contributed by atoms with van der Waals surface area (Å²) in [4.78, 5) is 17.7. The predicted molar refractivity (Wildman–Crippen MR) is 111 cm³/mol. The molecule has 0 radical (unpaired) electrons. The number of nitrogens with zero attached hydrogens (tertiary/aromatic N) is 3. The summed E-state index contributed by atoms with van der Waals surface area (Å²) < 4.78 is 16.1. The van der Waals surface area contributed by atoms with Gasteiger partial charge >= 0.3 is 0 Å². The Labute approximate surface area is 175 Å². The number of carbonyl (C=O) groups excluding carboxylic acids is 1. The number of anilines is 1. The number of rotatable bonds is 7. The number of tetrazole rings is 1. The lowest BCUT2D eigenvalue weighted by atomic mass is 10.2. The molecule has 0 spiro atoms. The number of aromatic amines is 2. The molecule has 0 atom stereocenters. The Hall–Kier alpha value is -3.73. The minimum absolute atomic E-state index is 0.0751. The van der Waals surface area contributed by atoms with Gasteiger partial charge in [0.25, 0.3) is 11.9 Å². The lowest BCUT2D eigenvalue weighted by Gasteiger charge is -2.09. The number of nitrogens with one attached hydrogen (secondary N) is 3. The normalized spacial score (nSPS) is 10.8. The maximum atomic E-state index is 13.0. The van der Waals surface area contributed by atoms with Gasteiger partial charge in [0, 0.05) is 16.3 Å². The third kappa shape index (κ3) is 3.74. The fourth-order valence-electron chi connectivity index (χ4n) is 2.92. The molecule has 30 heavy (non-hydrogen) atoms. The number of benzene rings is 2. The molecule has 0 aliphatic carbocycles. The van der Waals surface area contributed by atoms with Gasteiger partial charge in [0.1, 0.15) is 11.4 Å². The van der Waals surface area contributed by atoms with Crippen LogP contribution in [0.25, 0.3) is 10.9 Å². The summed E-state index contributed by atoms with van der Waals surface area (Å²) in [5.74, 6) is 1.50. The molecule has 0 aliphatic rings. The highest BCUT2D eigenvalue weighted by atomic mass is 32.2. The molecule has 0 saturated carbocycles. The van der Waals surface area contributed by atoms with Crippen LogP contribution in [0.2, 0.25) is 0 Å². The molecule has 2 aromatic carbocycles. The fraction of sp³-hybridized carbons (Fsp3) is 0.158. The zero-order valence-electron chi connectivity index (χ0n) is 16.3. The summed E-state index contributed by atoms with van der Waals surface area (Å²) in [5.41, 5.74) is 1.06. The Bertz CT molecular complexity index is 1190. The van der Waals surface area contributed by atoms with Gasteiger partial charge in [0.2, 0.25) is 0 Å². The highest BCUT2D eigenvalue weighted by Crippen LogP contribution is 2.42. The van der Waals surface area contributed by atoms with Crippen molar-refractivity contribution < 1.29 is 19.0 Å². The van der Waals surface area contributed by atoms with Gasteiger partial charge in [-0.05, 0) is 29.5 Å². The van der Waals surface area contributed by atoms with Crippen molar-refractivity contribution in [3.63, 3.8) is 0 Å². The lowest BCUT2D eigenvalue weighted by Crippen LogP contribution is -2.14. The molecule has 0 unspecified atom stereocenters. The van der Waals surface area contributed by atoms with Crippen LogP contribution in [0.4, 0.5) is 5.95 Å². The first-order valence-electron chi connectivity index (χ1n) is 8.77. The van der Waals surface area contributed by atoms with Crippen LogP contribution >= 0.6 is 11.8 Å². The number of hydrogen-bond acceptors (Lipinski definition) is 8. The van der Waals surface area contributed by atoms with Gasteiger partial charge in [-0.1, -0.05) is 22.9 Å². The maximum absolute atomic E-state index is 13.0. The largest absolute Gasteiger partial charge is 0.497 e. The third-order valence-corrected chi connectivity index (χ3v) is 5.43. The van der Waals surface area contributed by atoms with E-state index in [1.165, 1.54) is 11.8 Å². The van der Waals surface area contributed by atoms with Gasteiger partial charge in [-0.3, -0.25) is 10.1 Å². The number of carbonyl (C=O) groups is 1. The first-order chi connectivity index (χ1) is 14.6.